The minimum atomic E-state index is -1.56. The zero-order chi connectivity index (χ0) is 39.3. The Morgan fingerprint density at radius 3 is 1.83 bits per heavy atom. The lowest BCUT2D eigenvalue weighted by molar-refractivity contribution is -0.127. The molecule has 1 heterocycles. The number of alkyl carbamates (subject to hydrolysis) is 2. The van der Waals surface area contributed by atoms with Crippen LogP contribution >= 0.6 is 0 Å². The van der Waals surface area contributed by atoms with Gasteiger partial charge in [-0.25, -0.2) is 9.59 Å². The summed E-state index contributed by atoms with van der Waals surface area (Å²) in [6.45, 7) is 8.60. The lowest BCUT2D eigenvalue weighted by Crippen LogP contribution is -2.63. The fraction of sp³-hybridized carbons (Fsp3) is 0.462. The Morgan fingerprint density at radius 1 is 0.755 bits per heavy atom. The normalized spacial score (nSPS) is 15.1. The topological polar surface area (TPSA) is 191 Å². The third kappa shape index (κ3) is 12.8. The van der Waals surface area contributed by atoms with Crippen LogP contribution in [-0.2, 0) is 43.1 Å². The van der Waals surface area contributed by atoms with Gasteiger partial charge in [0, 0.05) is 17.8 Å². The van der Waals surface area contributed by atoms with Crippen LogP contribution in [0.3, 0.4) is 0 Å². The molecule has 53 heavy (non-hydrogen) atoms. The summed E-state index contributed by atoms with van der Waals surface area (Å²) in [4.78, 5) is 56.8. The average Bonchev–Trinajstić information content (AvgIpc) is 3.12. The number of hydrogen-bond acceptors (Lipinski definition) is 9. The molecule has 0 bridgehead atoms. The van der Waals surface area contributed by atoms with E-state index >= 15 is 0 Å². The molecule has 0 spiro atoms. The van der Waals surface area contributed by atoms with Crippen molar-refractivity contribution >= 4 is 35.2 Å². The molecule has 0 aliphatic heterocycles. The Hall–Kier alpha value is -4.66. The summed E-state index contributed by atoms with van der Waals surface area (Å²) in [5, 5.41) is 23.0. The van der Waals surface area contributed by atoms with Crippen molar-refractivity contribution in [1.82, 2.24) is 26.3 Å². The van der Waals surface area contributed by atoms with Gasteiger partial charge in [0.25, 0.3) is 0 Å². The number of methoxy groups -OCH3 is 2. The maximum atomic E-state index is 13.9. The Morgan fingerprint density at radius 2 is 1.30 bits per heavy atom. The van der Waals surface area contributed by atoms with Gasteiger partial charge in [0.2, 0.25) is 11.8 Å². The summed E-state index contributed by atoms with van der Waals surface area (Å²) in [6.07, 6.45) is 0.750. The molecule has 0 aliphatic rings. The van der Waals surface area contributed by atoms with Crippen molar-refractivity contribution in [2.45, 2.75) is 88.9 Å². The molecular weight excluding hydrogens is 699 g/mol. The smallest absolute Gasteiger partial charge is 0.407 e. The second kappa shape index (κ2) is 19.4. The zero-order valence-electron chi connectivity index (χ0n) is 31.7. The molecule has 0 radical (unpaired) electrons. The zero-order valence-corrected chi connectivity index (χ0v) is 32.5. The van der Waals surface area contributed by atoms with Gasteiger partial charge >= 0.3 is 12.2 Å². The number of aliphatic hydroxyl groups excluding tert-OH is 1. The van der Waals surface area contributed by atoms with E-state index in [0.29, 0.717) is 6.42 Å². The summed E-state index contributed by atoms with van der Waals surface area (Å²) in [7, 11) is 2.38. The number of rotatable bonds is 16. The lowest BCUT2D eigenvalue weighted by atomic mass is 9.85. The lowest BCUT2D eigenvalue weighted by Gasteiger charge is -2.36. The molecule has 14 heteroatoms. The average molecular weight is 752 g/mol. The van der Waals surface area contributed by atoms with Crippen molar-refractivity contribution < 1.29 is 38.3 Å². The van der Waals surface area contributed by atoms with E-state index in [0.717, 1.165) is 29.5 Å². The van der Waals surface area contributed by atoms with Crippen LogP contribution in [-0.4, -0.2) is 94.1 Å². The van der Waals surface area contributed by atoms with Crippen LogP contribution in [0.2, 0.25) is 0 Å². The molecule has 2 aromatic carbocycles. The van der Waals surface area contributed by atoms with Crippen LogP contribution in [0.15, 0.2) is 79.0 Å². The van der Waals surface area contributed by atoms with Crippen molar-refractivity contribution in [2.75, 3.05) is 20.5 Å². The van der Waals surface area contributed by atoms with E-state index in [4.69, 9.17) is 9.47 Å². The van der Waals surface area contributed by atoms with Crippen molar-refractivity contribution in [3.8, 4) is 11.3 Å². The first-order valence-corrected chi connectivity index (χ1v) is 18.9. The molecule has 13 nitrogen and oxygen atoms in total. The van der Waals surface area contributed by atoms with Gasteiger partial charge in [0.15, 0.2) is 6.04 Å². The number of benzene rings is 2. The number of carbonyl (C=O) groups is 4. The molecule has 1 aromatic heterocycles. The van der Waals surface area contributed by atoms with Crippen LogP contribution in [0, 0.1) is 5.41 Å². The summed E-state index contributed by atoms with van der Waals surface area (Å²) in [6, 6.07) is 18.7. The first kappa shape index (κ1) is 42.8. The highest BCUT2D eigenvalue weighted by atomic mass is 32.2. The first-order chi connectivity index (χ1) is 25.0. The number of carbonyl (C=O) groups excluding carboxylic acids is 4. The molecule has 3 aromatic rings. The maximum absolute atomic E-state index is 13.9. The fourth-order valence-electron chi connectivity index (χ4n) is 5.73. The number of amides is 4. The van der Waals surface area contributed by atoms with Crippen molar-refractivity contribution in [3.63, 3.8) is 0 Å². The van der Waals surface area contributed by atoms with Gasteiger partial charge in [0.1, 0.15) is 10.8 Å². The van der Waals surface area contributed by atoms with Gasteiger partial charge in [0.05, 0.1) is 38.3 Å². The Balaban J connectivity index is 1.98. The van der Waals surface area contributed by atoms with Gasteiger partial charge < -0.3 is 40.4 Å². The van der Waals surface area contributed by atoms with Crippen LogP contribution in [0.1, 0.15) is 52.2 Å². The van der Waals surface area contributed by atoms with Crippen LogP contribution in [0.25, 0.3) is 11.3 Å². The number of nitrogens with zero attached hydrogens (tertiary/aromatic N) is 1. The molecule has 0 fully saturated rings. The molecule has 3 rings (SSSR count). The second-order valence-electron chi connectivity index (χ2n) is 14.5. The minimum absolute atomic E-state index is 0.0151. The van der Waals surface area contributed by atoms with E-state index in [1.54, 1.807) is 20.0 Å². The van der Waals surface area contributed by atoms with Gasteiger partial charge in [-0.05, 0) is 73.0 Å². The Bertz CT molecular complexity index is 1640. The van der Waals surface area contributed by atoms with E-state index in [2.05, 4.69) is 26.3 Å². The van der Waals surface area contributed by atoms with Crippen LogP contribution in [0.5, 0.6) is 0 Å². The van der Waals surface area contributed by atoms with Gasteiger partial charge in [-0.15, -0.1) is 0 Å². The molecular formula is C39H53N5O8S. The molecule has 0 saturated heterocycles. The van der Waals surface area contributed by atoms with E-state index in [-0.39, 0.29) is 12.8 Å². The van der Waals surface area contributed by atoms with E-state index in [9.17, 15) is 28.8 Å². The van der Waals surface area contributed by atoms with Crippen molar-refractivity contribution in [1.29, 1.82) is 0 Å². The summed E-state index contributed by atoms with van der Waals surface area (Å²) < 4.78 is 21.1. The third-order valence-electron chi connectivity index (χ3n) is 9.08. The minimum Gasteiger partial charge on any atom is -0.616 e. The predicted molar refractivity (Wildman–Crippen MR) is 204 cm³/mol. The fourth-order valence-corrected chi connectivity index (χ4v) is 6.23. The van der Waals surface area contributed by atoms with E-state index < -0.39 is 75.6 Å². The molecule has 6 unspecified atom stereocenters. The molecule has 5 N–H and O–H groups in total. The molecule has 288 valence electrons. The third-order valence-corrected chi connectivity index (χ3v) is 10.8. The Kier molecular flexibility index (Phi) is 15.7. The highest BCUT2D eigenvalue weighted by Crippen LogP contribution is 2.24. The molecule has 6 atom stereocenters. The highest BCUT2D eigenvalue weighted by Gasteiger charge is 2.45. The molecule has 0 aliphatic carbocycles. The van der Waals surface area contributed by atoms with Crippen molar-refractivity contribution in [3.05, 3.63) is 90.1 Å². The molecule has 0 saturated carbocycles. The van der Waals surface area contributed by atoms with Crippen LogP contribution in [0.4, 0.5) is 9.59 Å². The number of aliphatic hydroxyl groups is 1. The van der Waals surface area contributed by atoms with Crippen molar-refractivity contribution in [2.24, 2.45) is 5.41 Å². The SMILES string of the molecule is COC(=O)NC(C(=O)NC(Cc1ccc(-c2ccccn2)cc1)CC(O)C(Cc1ccccc1)NC(=O)C(NC(=O)OC)C(C)(C)[S+](C)[O-])C(C)(C)C. The largest absolute Gasteiger partial charge is 0.616 e. The Labute approximate surface area is 315 Å². The second-order valence-corrected chi connectivity index (χ2v) is 16.5. The van der Waals surface area contributed by atoms with E-state index in [1.165, 1.54) is 13.4 Å². The quantitative estimate of drug-likeness (QED) is 0.135. The number of nitrogens with one attached hydrogen (secondary N) is 4. The number of ether oxygens (including phenoxy) is 2. The van der Waals surface area contributed by atoms with Crippen LogP contribution < -0.4 is 21.3 Å². The summed E-state index contributed by atoms with van der Waals surface area (Å²) >= 11 is -1.56. The van der Waals surface area contributed by atoms with E-state index in [1.807, 2.05) is 93.6 Å². The monoisotopic (exact) mass is 751 g/mol. The molecule has 4 amide bonds. The number of pyridine rings is 1. The summed E-state index contributed by atoms with van der Waals surface area (Å²) in [5.74, 6) is -1.15. The summed E-state index contributed by atoms with van der Waals surface area (Å²) in [5.41, 5.74) is 2.67. The van der Waals surface area contributed by atoms with Gasteiger partial charge in [-0.2, -0.15) is 0 Å². The van der Waals surface area contributed by atoms with Gasteiger partial charge in [-0.3, -0.25) is 14.6 Å². The number of aromatic nitrogens is 1. The van der Waals surface area contributed by atoms with Gasteiger partial charge in [-0.1, -0.05) is 81.4 Å². The maximum Gasteiger partial charge on any atom is 0.407 e. The standard InChI is InChI=1S/C39H53N5O8S/c1-38(2,3)32(43-36(48)51-6)34(46)41-28(22-26-17-19-27(20-18-26)29-16-12-13-21-40-29)24-31(45)30(23-25-14-10-9-11-15-25)42-35(47)33(44-37(49)52-7)39(4,5)53(8)50/h9-21,28,30-33,45H,22-24H2,1-8H3,(H,41,46)(H,42,47)(H,43,48)(H,44,49). The predicted octanol–water partition coefficient (Wildman–Crippen LogP) is 3.91. The number of hydrogen-bond donors (Lipinski definition) is 5. The highest BCUT2D eigenvalue weighted by molar-refractivity contribution is 7.92. The first-order valence-electron chi connectivity index (χ1n) is 17.3.